The van der Waals surface area contributed by atoms with E-state index in [2.05, 4.69) is 10.4 Å². The van der Waals surface area contributed by atoms with Crippen LogP contribution in [0.3, 0.4) is 0 Å². The lowest BCUT2D eigenvalue weighted by atomic mass is 9.78. The Morgan fingerprint density at radius 2 is 2.00 bits per heavy atom. The minimum Gasteiger partial charge on any atom is -0.343 e. The smallest absolute Gasteiger partial charge is 0.224 e. The van der Waals surface area contributed by atoms with Crippen LogP contribution in [0.5, 0.6) is 0 Å². The summed E-state index contributed by atoms with van der Waals surface area (Å²) in [6, 6.07) is 7.42. The van der Waals surface area contributed by atoms with Gasteiger partial charge < -0.3 is 10.2 Å². The van der Waals surface area contributed by atoms with Gasteiger partial charge in [-0.15, -0.1) is 0 Å². The van der Waals surface area contributed by atoms with Crippen LogP contribution in [0, 0.1) is 5.41 Å². The predicted octanol–water partition coefficient (Wildman–Crippen LogP) is 1.39. The van der Waals surface area contributed by atoms with Gasteiger partial charge in [0.05, 0.1) is 18.3 Å². The summed E-state index contributed by atoms with van der Waals surface area (Å²) in [5, 5.41) is 8.31. The average Bonchev–Trinajstić information content (AvgIpc) is 3.10. The van der Waals surface area contributed by atoms with Crippen molar-refractivity contribution in [2.75, 3.05) is 26.2 Å². The van der Waals surface area contributed by atoms with Crippen molar-refractivity contribution in [1.82, 2.24) is 20.0 Å². The summed E-state index contributed by atoms with van der Waals surface area (Å²) in [6.07, 6.45) is 5.20. The molecule has 2 fully saturated rings. The van der Waals surface area contributed by atoms with Crippen molar-refractivity contribution < 1.29 is 4.79 Å². The van der Waals surface area contributed by atoms with Gasteiger partial charge in [-0.1, -0.05) is 12.1 Å². The van der Waals surface area contributed by atoms with Gasteiger partial charge in [-0.25, -0.2) is 0 Å². The molecule has 0 aliphatic carbocycles. The van der Waals surface area contributed by atoms with E-state index < -0.39 is 0 Å². The van der Waals surface area contributed by atoms with Crippen molar-refractivity contribution in [2.45, 2.75) is 32.2 Å². The van der Waals surface area contributed by atoms with E-state index in [4.69, 9.17) is 0 Å². The number of nitrogens with zero attached hydrogens (tertiary/aromatic N) is 3. The van der Waals surface area contributed by atoms with E-state index in [1.54, 1.807) is 10.7 Å². The molecule has 1 spiro atoms. The topological polar surface area (TPSA) is 67.2 Å². The maximum atomic E-state index is 12.6. The van der Waals surface area contributed by atoms with Crippen LogP contribution in [-0.4, -0.2) is 46.8 Å². The van der Waals surface area contributed by atoms with E-state index in [-0.39, 0.29) is 11.3 Å². The van der Waals surface area contributed by atoms with Gasteiger partial charge in [-0.05, 0) is 43.4 Å². The van der Waals surface area contributed by atoms with Gasteiger partial charge in [-0.3, -0.25) is 14.3 Å². The highest BCUT2D eigenvalue weighted by molar-refractivity contribution is 5.79. The highest BCUT2D eigenvalue weighted by atomic mass is 16.2. The van der Waals surface area contributed by atoms with Crippen LogP contribution in [0.15, 0.2) is 35.3 Å². The van der Waals surface area contributed by atoms with E-state index in [0.717, 1.165) is 44.5 Å². The lowest BCUT2D eigenvalue weighted by Crippen LogP contribution is -2.44. The number of carbonyl (C=O) groups is 1. The summed E-state index contributed by atoms with van der Waals surface area (Å²) >= 11 is 0. The molecule has 2 aliphatic rings. The van der Waals surface area contributed by atoms with Crippen LogP contribution in [0.2, 0.25) is 0 Å². The number of aromatic nitrogens is 2. The monoisotopic (exact) mass is 340 g/mol. The Morgan fingerprint density at radius 3 is 2.76 bits per heavy atom. The predicted molar refractivity (Wildman–Crippen MR) is 96.4 cm³/mol. The second-order valence-electron chi connectivity index (χ2n) is 7.31. The summed E-state index contributed by atoms with van der Waals surface area (Å²) in [6.45, 7) is 4.43. The van der Waals surface area contributed by atoms with E-state index in [0.29, 0.717) is 23.8 Å². The van der Waals surface area contributed by atoms with Crippen molar-refractivity contribution in [3.05, 3.63) is 40.7 Å². The molecule has 0 radical (unpaired) electrons. The van der Waals surface area contributed by atoms with Gasteiger partial charge in [0.25, 0.3) is 0 Å². The number of rotatable bonds is 3. The number of likely N-dealkylation sites (tertiary alicyclic amines) is 1. The molecule has 6 nitrogen and oxygen atoms in total. The van der Waals surface area contributed by atoms with Crippen molar-refractivity contribution in [1.29, 1.82) is 0 Å². The molecule has 0 bridgehead atoms. The molecule has 2 aliphatic heterocycles. The fourth-order valence-electron chi connectivity index (χ4n) is 4.15. The zero-order chi connectivity index (χ0) is 17.3. The Morgan fingerprint density at radius 1 is 1.20 bits per heavy atom. The molecule has 1 aromatic carbocycles. The maximum Gasteiger partial charge on any atom is 0.224 e. The Bertz CT molecular complexity index is 829. The first-order chi connectivity index (χ1) is 12.2. The third kappa shape index (κ3) is 3.18. The first-order valence-corrected chi connectivity index (χ1v) is 9.10. The van der Waals surface area contributed by atoms with Crippen molar-refractivity contribution in [2.24, 2.45) is 5.41 Å². The SMILES string of the molecule is O=C(CCn1ncc(=O)c2ccccc21)N1CCC2(CCNC2)CC1. The summed E-state index contributed by atoms with van der Waals surface area (Å²) in [5.74, 6) is 0.186. The normalized spacial score (nSPS) is 19.6. The average molecular weight is 340 g/mol. The van der Waals surface area contributed by atoms with Crippen molar-refractivity contribution >= 4 is 16.8 Å². The van der Waals surface area contributed by atoms with Crippen molar-refractivity contribution in [3.63, 3.8) is 0 Å². The van der Waals surface area contributed by atoms with Crippen LogP contribution in [0.1, 0.15) is 25.7 Å². The van der Waals surface area contributed by atoms with E-state index in [9.17, 15) is 9.59 Å². The molecule has 132 valence electrons. The summed E-state index contributed by atoms with van der Waals surface area (Å²) in [5.41, 5.74) is 1.13. The van der Waals surface area contributed by atoms with Crippen LogP contribution >= 0.6 is 0 Å². The molecule has 0 unspecified atom stereocenters. The van der Waals surface area contributed by atoms with Crippen LogP contribution in [0.4, 0.5) is 0 Å². The number of nitrogens with one attached hydrogen (secondary N) is 1. The number of amides is 1. The number of carbonyl (C=O) groups excluding carboxylic acids is 1. The lowest BCUT2D eigenvalue weighted by Gasteiger charge is -2.39. The third-order valence-corrected chi connectivity index (χ3v) is 5.81. The molecule has 0 saturated carbocycles. The second kappa shape index (κ2) is 6.59. The molecule has 1 amide bonds. The van der Waals surface area contributed by atoms with E-state index in [1.807, 2.05) is 23.1 Å². The molecule has 6 heteroatoms. The molecule has 1 aromatic heterocycles. The molecule has 2 aromatic rings. The molecule has 0 atom stereocenters. The van der Waals surface area contributed by atoms with Gasteiger partial charge in [0.15, 0.2) is 0 Å². The number of para-hydroxylation sites is 1. The molecule has 1 N–H and O–H groups in total. The third-order valence-electron chi connectivity index (χ3n) is 5.81. The highest BCUT2D eigenvalue weighted by Crippen LogP contribution is 2.36. The lowest BCUT2D eigenvalue weighted by molar-refractivity contribution is -0.133. The van der Waals surface area contributed by atoms with Gasteiger partial charge in [-0.2, -0.15) is 5.10 Å². The maximum absolute atomic E-state index is 12.6. The fourth-order valence-corrected chi connectivity index (χ4v) is 4.15. The first kappa shape index (κ1) is 16.3. The largest absolute Gasteiger partial charge is 0.343 e. The minimum atomic E-state index is -0.0790. The minimum absolute atomic E-state index is 0.0790. The number of hydrogen-bond acceptors (Lipinski definition) is 4. The Hall–Kier alpha value is -2.21. The van der Waals surface area contributed by atoms with E-state index in [1.165, 1.54) is 12.6 Å². The summed E-state index contributed by atoms with van der Waals surface area (Å²) in [4.78, 5) is 26.5. The van der Waals surface area contributed by atoms with Gasteiger partial charge in [0, 0.05) is 31.4 Å². The summed E-state index contributed by atoms with van der Waals surface area (Å²) in [7, 11) is 0. The fraction of sp³-hybridized carbons (Fsp3) is 0.526. The number of piperidine rings is 1. The van der Waals surface area contributed by atoms with Crippen molar-refractivity contribution in [3.8, 4) is 0 Å². The Kier molecular flexibility index (Phi) is 4.29. The molecule has 25 heavy (non-hydrogen) atoms. The van der Waals surface area contributed by atoms with Gasteiger partial charge >= 0.3 is 0 Å². The molecule has 3 heterocycles. The number of benzene rings is 1. The zero-order valence-electron chi connectivity index (χ0n) is 14.4. The quantitative estimate of drug-likeness (QED) is 0.917. The highest BCUT2D eigenvalue weighted by Gasteiger charge is 2.37. The molecular formula is C19H24N4O2. The van der Waals surface area contributed by atoms with Gasteiger partial charge in [0.1, 0.15) is 0 Å². The number of hydrogen-bond donors (Lipinski definition) is 1. The second-order valence-corrected chi connectivity index (χ2v) is 7.31. The van der Waals surface area contributed by atoms with E-state index >= 15 is 0 Å². The Balaban J connectivity index is 1.40. The molecule has 2 saturated heterocycles. The molecular weight excluding hydrogens is 316 g/mol. The number of aryl methyl sites for hydroxylation is 1. The first-order valence-electron chi connectivity index (χ1n) is 9.10. The number of fused-ring (bicyclic) bond motifs is 1. The van der Waals surface area contributed by atoms with Crippen LogP contribution in [-0.2, 0) is 11.3 Å². The molecule has 4 rings (SSSR count). The summed E-state index contributed by atoms with van der Waals surface area (Å²) < 4.78 is 1.76. The van der Waals surface area contributed by atoms with Crippen LogP contribution in [0.25, 0.3) is 10.9 Å². The zero-order valence-corrected chi connectivity index (χ0v) is 14.4. The Labute approximate surface area is 146 Å². The van der Waals surface area contributed by atoms with Crippen LogP contribution < -0.4 is 10.7 Å². The standard InChI is InChI=1S/C19H24N4O2/c24-17-13-21-23(16-4-2-1-3-15(16)17)10-5-18(25)22-11-7-19(8-12-22)6-9-20-14-19/h1-4,13,20H,5-12,14H2. The van der Waals surface area contributed by atoms with Gasteiger partial charge in [0.2, 0.25) is 11.3 Å².